The number of halogens is 1. The Morgan fingerprint density at radius 2 is 1.92 bits per heavy atom. The largest absolute Gasteiger partial charge is 0.484 e. The molecule has 1 amide bonds. The van der Waals surface area contributed by atoms with E-state index in [1.807, 2.05) is 24.3 Å². The first-order valence-electron chi connectivity index (χ1n) is 7.17. The molecule has 122 valence electrons. The van der Waals surface area contributed by atoms with Crippen LogP contribution in [0.2, 0.25) is 0 Å². The van der Waals surface area contributed by atoms with E-state index < -0.39 is 5.91 Å². The number of nitrogens with zero attached hydrogens (tertiary/aromatic N) is 2. The quantitative estimate of drug-likeness (QED) is 0.655. The van der Waals surface area contributed by atoms with E-state index in [-0.39, 0.29) is 6.61 Å². The fraction of sp³-hybridized carbons (Fsp3) is 0.118. The predicted octanol–water partition coefficient (Wildman–Crippen LogP) is 3.16. The predicted molar refractivity (Wildman–Crippen MR) is 92.5 cm³/mol. The van der Waals surface area contributed by atoms with Crippen LogP contribution in [0, 0.1) is 0 Å². The van der Waals surface area contributed by atoms with Crippen molar-refractivity contribution in [2.75, 3.05) is 6.61 Å². The van der Waals surface area contributed by atoms with Gasteiger partial charge in [0.25, 0.3) is 11.8 Å². The van der Waals surface area contributed by atoms with Crippen LogP contribution in [0.3, 0.4) is 0 Å². The molecule has 0 saturated heterocycles. The van der Waals surface area contributed by atoms with Gasteiger partial charge in [0.1, 0.15) is 5.75 Å². The fourth-order valence-corrected chi connectivity index (χ4v) is 2.64. The molecular formula is C17H14BrN3O3. The topological polar surface area (TPSA) is 91.2 Å². The minimum atomic E-state index is -0.521. The average molecular weight is 388 g/mol. The van der Waals surface area contributed by atoms with Gasteiger partial charge in [-0.25, -0.2) is 0 Å². The Hall–Kier alpha value is -2.67. The maximum absolute atomic E-state index is 10.7. The first kappa shape index (κ1) is 16.2. The van der Waals surface area contributed by atoms with Crippen molar-refractivity contribution < 1.29 is 14.1 Å². The van der Waals surface area contributed by atoms with Gasteiger partial charge < -0.3 is 15.0 Å². The van der Waals surface area contributed by atoms with Gasteiger partial charge in [-0.05, 0) is 35.9 Å². The van der Waals surface area contributed by atoms with Crippen molar-refractivity contribution in [2.24, 2.45) is 5.73 Å². The van der Waals surface area contributed by atoms with E-state index in [4.69, 9.17) is 15.0 Å². The first-order valence-corrected chi connectivity index (χ1v) is 8.29. The van der Waals surface area contributed by atoms with Crippen molar-refractivity contribution in [3.63, 3.8) is 0 Å². The Balaban J connectivity index is 1.81. The Bertz CT molecular complexity index is 846. The highest BCUT2D eigenvalue weighted by atomic mass is 79.9. The number of aromatic nitrogens is 2. The minimum Gasteiger partial charge on any atom is -0.484 e. The number of amides is 1. The van der Waals surface area contributed by atoms with Crippen LogP contribution in [0.4, 0.5) is 0 Å². The summed E-state index contributed by atoms with van der Waals surface area (Å²) in [5, 5.41) is 4.73. The van der Waals surface area contributed by atoms with E-state index in [2.05, 4.69) is 26.1 Å². The van der Waals surface area contributed by atoms with E-state index in [1.165, 1.54) is 0 Å². The third-order valence-electron chi connectivity index (χ3n) is 3.31. The lowest BCUT2D eigenvalue weighted by molar-refractivity contribution is -0.119. The van der Waals surface area contributed by atoms with Crippen LogP contribution in [0.1, 0.15) is 5.56 Å². The molecule has 0 atom stereocenters. The van der Waals surface area contributed by atoms with Crippen LogP contribution in [0.5, 0.6) is 5.75 Å². The molecule has 0 aliphatic heterocycles. The summed E-state index contributed by atoms with van der Waals surface area (Å²) in [7, 11) is 0. The molecule has 1 aromatic heterocycles. The van der Waals surface area contributed by atoms with E-state index in [9.17, 15) is 4.79 Å². The molecule has 2 aromatic carbocycles. The van der Waals surface area contributed by atoms with Gasteiger partial charge in [0.2, 0.25) is 5.82 Å². The highest BCUT2D eigenvalue weighted by Gasteiger charge is 2.13. The molecule has 2 N–H and O–H groups in total. The Morgan fingerprint density at radius 1 is 1.17 bits per heavy atom. The summed E-state index contributed by atoms with van der Waals surface area (Å²) in [5.74, 6) is 0.975. The average Bonchev–Trinajstić information content (AvgIpc) is 3.10. The van der Waals surface area contributed by atoms with Gasteiger partial charge in [-0.15, -0.1) is 0 Å². The van der Waals surface area contributed by atoms with Gasteiger partial charge in [-0.3, -0.25) is 4.79 Å². The van der Waals surface area contributed by atoms with E-state index in [0.29, 0.717) is 22.8 Å². The number of carbonyl (C=O) groups excluding carboxylic acids is 1. The van der Waals surface area contributed by atoms with Crippen molar-refractivity contribution >= 4 is 21.8 Å². The number of hydrogen-bond acceptors (Lipinski definition) is 5. The second-order valence-electron chi connectivity index (χ2n) is 4.99. The summed E-state index contributed by atoms with van der Waals surface area (Å²) in [6.45, 7) is -0.158. The lowest BCUT2D eigenvalue weighted by atomic mass is 10.1. The molecule has 0 saturated carbocycles. The molecule has 6 nitrogen and oxygen atoms in total. The normalized spacial score (nSPS) is 10.5. The molecule has 0 unspecified atom stereocenters. The number of nitrogens with two attached hydrogens (primary N) is 1. The van der Waals surface area contributed by atoms with Crippen LogP contribution in [0.25, 0.3) is 22.8 Å². The van der Waals surface area contributed by atoms with Crippen molar-refractivity contribution in [1.29, 1.82) is 0 Å². The van der Waals surface area contributed by atoms with Gasteiger partial charge in [0.05, 0.1) is 0 Å². The van der Waals surface area contributed by atoms with Crippen molar-refractivity contribution in [2.45, 2.75) is 5.33 Å². The third-order valence-corrected chi connectivity index (χ3v) is 3.92. The standard InChI is InChI=1S/C17H14BrN3O3/c18-9-12-3-1-2-4-14(12)17-20-16(21-24-17)11-5-7-13(8-6-11)23-10-15(19)22/h1-8H,9-10H2,(H2,19,22). The zero-order valence-corrected chi connectivity index (χ0v) is 14.2. The summed E-state index contributed by atoms with van der Waals surface area (Å²) in [6, 6.07) is 14.9. The van der Waals surface area contributed by atoms with Crippen LogP contribution in [0.15, 0.2) is 53.1 Å². The van der Waals surface area contributed by atoms with Gasteiger partial charge in [-0.2, -0.15) is 4.98 Å². The van der Waals surface area contributed by atoms with Crippen LogP contribution in [-0.2, 0) is 10.1 Å². The molecule has 7 heteroatoms. The number of primary amides is 1. The lowest BCUT2D eigenvalue weighted by Gasteiger charge is -2.03. The van der Waals surface area contributed by atoms with Gasteiger partial charge in [0, 0.05) is 16.5 Å². The number of ether oxygens (including phenoxy) is 1. The van der Waals surface area contributed by atoms with Gasteiger partial charge in [-0.1, -0.05) is 39.3 Å². The molecule has 0 aliphatic rings. The molecule has 3 rings (SSSR count). The van der Waals surface area contributed by atoms with Crippen LogP contribution in [-0.4, -0.2) is 22.7 Å². The van der Waals surface area contributed by atoms with Gasteiger partial charge >= 0.3 is 0 Å². The first-order chi connectivity index (χ1) is 11.7. The zero-order chi connectivity index (χ0) is 16.9. The zero-order valence-electron chi connectivity index (χ0n) is 12.6. The highest BCUT2D eigenvalue weighted by Crippen LogP contribution is 2.27. The second-order valence-corrected chi connectivity index (χ2v) is 5.55. The molecule has 0 aliphatic carbocycles. The van der Waals surface area contributed by atoms with Crippen molar-refractivity contribution in [3.8, 4) is 28.6 Å². The highest BCUT2D eigenvalue weighted by molar-refractivity contribution is 9.08. The summed E-state index contributed by atoms with van der Waals surface area (Å²) >= 11 is 3.45. The monoisotopic (exact) mass is 387 g/mol. The molecule has 0 fully saturated rings. The van der Waals surface area contributed by atoms with E-state index in [0.717, 1.165) is 16.7 Å². The summed E-state index contributed by atoms with van der Waals surface area (Å²) in [5.41, 5.74) is 7.80. The van der Waals surface area contributed by atoms with Crippen molar-refractivity contribution in [3.05, 3.63) is 54.1 Å². The molecule has 0 bridgehead atoms. The smallest absolute Gasteiger partial charge is 0.258 e. The number of carbonyl (C=O) groups is 1. The maximum atomic E-state index is 10.7. The molecule has 0 spiro atoms. The third kappa shape index (κ3) is 3.62. The van der Waals surface area contributed by atoms with E-state index >= 15 is 0 Å². The van der Waals surface area contributed by atoms with Crippen molar-refractivity contribution in [1.82, 2.24) is 10.1 Å². The number of benzene rings is 2. The maximum Gasteiger partial charge on any atom is 0.258 e. The Labute approximate surface area is 146 Å². The Morgan fingerprint density at radius 3 is 2.62 bits per heavy atom. The summed E-state index contributed by atoms with van der Waals surface area (Å²) < 4.78 is 10.6. The summed E-state index contributed by atoms with van der Waals surface area (Å²) in [6.07, 6.45) is 0. The van der Waals surface area contributed by atoms with E-state index in [1.54, 1.807) is 24.3 Å². The van der Waals surface area contributed by atoms with Crippen LogP contribution >= 0.6 is 15.9 Å². The number of hydrogen-bond donors (Lipinski definition) is 1. The van der Waals surface area contributed by atoms with Gasteiger partial charge in [0.15, 0.2) is 6.61 Å². The lowest BCUT2D eigenvalue weighted by Crippen LogP contribution is -2.19. The second kappa shape index (κ2) is 7.27. The number of rotatable bonds is 6. The summed E-state index contributed by atoms with van der Waals surface area (Å²) in [4.78, 5) is 15.2. The SMILES string of the molecule is NC(=O)COc1ccc(-c2noc(-c3ccccc3CBr)n2)cc1. The molecular weight excluding hydrogens is 374 g/mol. The molecule has 1 heterocycles. The molecule has 3 aromatic rings. The minimum absolute atomic E-state index is 0.158. The Kier molecular flexibility index (Phi) is 4.90. The fourth-order valence-electron chi connectivity index (χ4n) is 2.15. The molecule has 0 radical (unpaired) electrons. The van der Waals surface area contributed by atoms with Crippen LogP contribution < -0.4 is 10.5 Å². The number of alkyl halides is 1. The molecule has 24 heavy (non-hydrogen) atoms.